The van der Waals surface area contributed by atoms with Crippen LogP contribution in [0.3, 0.4) is 0 Å². The molecule has 1 heterocycles. The van der Waals surface area contributed by atoms with Crippen molar-refractivity contribution in [3.8, 4) is 0 Å². The van der Waals surface area contributed by atoms with Crippen molar-refractivity contribution < 1.29 is 8.42 Å². The van der Waals surface area contributed by atoms with Crippen LogP contribution in [-0.2, 0) is 16.6 Å². The Kier molecular flexibility index (Phi) is 10.0. The summed E-state index contributed by atoms with van der Waals surface area (Å²) in [6, 6.07) is 7.14. The molecule has 0 spiro atoms. The average molecular weight is 508 g/mol. The minimum Gasteiger partial charge on any atom is -0.356 e. The second kappa shape index (κ2) is 11.2. The summed E-state index contributed by atoms with van der Waals surface area (Å²) >= 11 is 0. The third-order valence-corrected chi connectivity index (χ3v) is 6.42. The van der Waals surface area contributed by atoms with Crippen LogP contribution in [0.4, 0.5) is 0 Å². The molecule has 0 aliphatic carbocycles. The van der Waals surface area contributed by atoms with Gasteiger partial charge in [0.05, 0.1) is 4.90 Å². The molecule has 2 N–H and O–H groups in total. The Morgan fingerprint density at radius 3 is 2.48 bits per heavy atom. The summed E-state index contributed by atoms with van der Waals surface area (Å²) in [5.41, 5.74) is 1.02. The van der Waals surface area contributed by atoms with Gasteiger partial charge in [0.15, 0.2) is 5.96 Å². The highest BCUT2D eigenvalue weighted by Crippen LogP contribution is 2.23. The van der Waals surface area contributed by atoms with Crippen LogP contribution in [0.1, 0.15) is 39.2 Å². The van der Waals surface area contributed by atoms with E-state index in [-0.39, 0.29) is 24.0 Å². The number of rotatable bonds is 6. The third kappa shape index (κ3) is 7.23. The molecule has 154 valence electrons. The number of hydrogen-bond donors (Lipinski definition) is 2. The predicted octanol–water partition coefficient (Wildman–Crippen LogP) is 3.05. The van der Waals surface area contributed by atoms with Crippen LogP contribution in [0.15, 0.2) is 34.2 Å². The zero-order chi connectivity index (χ0) is 19.2. The Morgan fingerprint density at radius 2 is 1.93 bits per heavy atom. The van der Waals surface area contributed by atoms with E-state index in [2.05, 4.69) is 36.4 Å². The smallest absolute Gasteiger partial charge is 0.243 e. The Labute approximate surface area is 181 Å². The first-order chi connectivity index (χ1) is 12.3. The van der Waals surface area contributed by atoms with E-state index in [0.29, 0.717) is 36.4 Å². The van der Waals surface area contributed by atoms with Crippen molar-refractivity contribution >= 4 is 40.0 Å². The van der Waals surface area contributed by atoms with Crippen molar-refractivity contribution in [3.63, 3.8) is 0 Å². The number of piperidine rings is 1. The highest BCUT2D eigenvalue weighted by Gasteiger charge is 2.28. The summed E-state index contributed by atoms with van der Waals surface area (Å²) in [6.07, 6.45) is 2.04. The minimum atomic E-state index is -3.39. The second-order valence-corrected chi connectivity index (χ2v) is 9.39. The number of hydrogen-bond acceptors (Lipinski definition) is 3. The first-order valence-electron chi connectivity index (χ1n) is 9.36. The van der Waals surface area contributed by atoms with E-state index in [4.69, 9.17) is 0 Å². The Morgan fingerprint density at radius 1 is 1.26 bits per heavy atom. The van der Waals surface area contributed by atoms with Gasteiger partial charge in [-0.15, -0.1) is 24.0 Å². The summed E-state index contributed by atoms with van der Waals surface area (Å²) in [5.74, 6) is 1.71. The van der Waals surface area contributed by atoms with E-state index in [0.717, 1.165) is 30.9 Å². The van der Waals surface area contributed by atoms with Crippen molar-refractivity contribution in [1.29, 1.82) is 0 Å². The fourth-order valence-corrected chi connectivity index (χ4v) is 4.60. The molecule has 1 saturated heterocycles. The van der Waals surface area contributed by atoms with Crippen molar-refractivity contribution in [2.24, 2.45) is 16.8 Å². The van der Waals surface area contributed by atoms with Gasteiger partial charge >= 0.3 is 0 Å². The molecule has 0 bridgehead atoms. The molecule has 6 nitrogen and oxygen atoms in total. The van der Waals surface area contributed by atoms with Gasteiger partial charge in [0, 0.05) is 33.2 Å². The number of nitrogens with zero attached hydrogens (tertiary/aromatic N) is 2. The van der Waals surface area contributed by atoms with Gasteiger partial charge in [0.1, 0.15) is 0 Å². The topological polar surface area (TPSA) is 73.8 Å². The quantitative estimate of drug-likeness (QED) is 0.352. The van der Waals surface area contributed by atoms with E-state index >= 15 is 0 Å². The summed E-state index contributed by atoms with van der Waals surface area (Å²) < 4.78 is 27.2. The Bertz CT molecular complexity index is 705. The second-order valence-electron chi connectivity index (χ2n) is 7.45. The van der Waals surface area contributed by atoms with Gasteiger partial charge in [-0.3, -0.25) is 4.99 Å². The lowest BCUT2D eigenvalue weighted by Gasteiger charge is -2.30. The molecule has 1 aromatic rings. The molecule has 2 rings (SSSR count). The fourth-order valence-electron chi connectivity index (χ4n) is 3.00. The van der Waals surface area contributed by atoms with E-state index < -0.39 is 10.0 Å². The molecular weight excluding hydrogens is 475 g/mol. The summed E-state index contributed by atoms with van der Waals surface area (Å²) in [5, 5.41) is 6.51. The highest BCUT2D eigenvalue weighted by molar-refractivity contribution is 14.0. The number of nitrogens with one attached hydrogen (secondary N) is 2. The van der Waals surface area contributed by atoms with Gasteiger partial charge in [0.25, 0.3) is 0 Å². The standard InChI is InChI=1S/C19H32N4O2S.HI/c1-15(2)12-21-19(20-4)22-13-17-7-9-18(10-8-17)26(24,25)23-11-5-6-16(3)14-23;/h7-10,15-16H,5-6,11-14H2,1-4H3,(H2,20,21,22);1H. The lowest BCUT2D eigenvalue weighted by molar-refractivity contribution is 0.281. The lowest BCUT2D eigenvalue weighted by Crippen LogP contribution is -2.39. The van der Waals surface area contributed by atoms with Gasteiger partial charge in [0.2, 0.25) is 10.0 Å². The van der Waals surface area contributed by atoms with Gasteiger partial charge in [-0.1, -0.05) is 32.9 Å². The van der Waals surface area contributed by atoms with Crippen LogP contribution in [0, 0.1) is 11.8 Å². The molecule has 1 unspecified atom stereocenters. The van der Waals surface area contributed by atoms with Crippen LogP contribution in [0.5, 0.6) is 0 Å². The van der Waals surface area contributed by atoms with Gasteiger partial charge in [-0.2, -0.15) is 4.31 Å². The van der Waals surface area contributed by atoms with Crippen molar-refractivity contribution in [1.82, 2.24) is 14.9 Å². The molecule has 1 fully saturated rings. The zero-order valence-corrected chi connectivity index (χ0v) is 19.9. The molecule has 0 radical (unpaired) electrons. The molecular formula is C19H33IN4O2S. The monoisotopic (exact) mass is 508 g/mol. The number of sulfonamides is 1. The normalized spacial score (nSPS) is 18.9. The molecule has 0 amide bonds. The molecule has 0 aromatic heterocycles. The summed E-state index contributed by atoms with van der Waals surface area (Å²) in [6.45, 7) is 9.07. The third-order valence-electron chi connectivity index (χ3n) is 4.54. The maximum absolute atomic E-state index is 12.8. The van der Waals surface area contributed by atoms with Gasteiger partial charge in [-0.05, 0) is 42.4 Å². The molecule has 1 atom stereocenters. The van der Waals surface area contributed by atoms with E-state index in [9.17, 15) is 8.42 Å². The minimum absolute atomic E-state index is 0. The number of guanidine groups is 1. The van der Waals surface area contributed by atoms with Crippen LogP contribution in [-0.4, -0.2) is 45.4 Å². The van der Waals surface area contributed by atoms with E-state index in [1.165, 1.54) is 0 Å². The SMILES string of the molecule is CN=C(NCc1ccc(S(=O)(=O)N2CCCC(C)C2)cc1)NCC(C)C.I. The first kappa shape index (κ1) is 24.2. The van der Waals surface area contributed by atoms with Crippen molar-refractivity contribution in [2.45, 2.75) is 45.1 Å². The molecule has 1 aromatic carbocycles. The van der Waals surface area contributed by atoms with Crippen LogP contribution in [0.25, 0.3) is 0 Å². The maximum atomic E-state index is 12.8. The predicted molar refractivity (Wildman–Crippen MR) is 122 cm³/mol. The van der Waals surface area contributed by atoms with Crippen LogP contribution in [0.2, 0.25) is 0 Å². The van der Waals surface area contributed by atoms with Crippen LogP contribution >= 0.6 is 24.0 Å². The van der Waals surface area contributed by atoms with Gasteiger partial charge < -0.3 is 10.6 Å². The summed E-state index contributed by atoms with van der Waals surface area (Å²) in [4.78, 5) is 4.56. The zero-order valence-electron chi connectivity index (χ0n) is 16.7. The van der Waals surface area contributed by atoms with Crippen molar-refractivity contribution in [3.05, 3.63) is 29.8 Å². The molecule has 27 heavy (non-hydrogen) atoms. The van der Waals surface area contributed by atoms with E-state index in [1.54, 1.807) is 23.5 Å². The molecule has 1 aliphatic rings. The largest absolute Gasteiger partial charge is 0.356 e. The maximum Gasteiger partial charge on any atom is 0.243 e. The first-order valence-corrected chi connectivity index (χ1v) is 10.8. The van der Waals surface area contributed by atoms with Crippen LogP contribution < -0.4 is 10.6 Å². The Hall–Kier alpha value is -0.870. The average Bonchev–Trinajstić information content (AvgIpc) is 2.62. The van der Waals surface area contributed by atoms with E-state index in [1.807, 2.05) is 12.1 Å². The molecule has 8 heteroatoms. The fraction of sp³-hybridized carbons (Fsp3) is 0.632. The highest BCUT2D eigenvalue weighted by atomic mass is 127. The number of halogens is 1. The van der Waals surface area contributed by atoms with Crippen molar-refractivity contribution in [2.75, 3.05) is 26.7 Å². The van der Waals surface area contributed by atoms with Gasteiger partial charge in [-0.25, -0.2) is 8.42 Å². The molecule has 0 saturated carbocycles. The summed E-state index contributed by atoms with van der Waals surface area (Å²) in [7, 11) is -1.65. The molecule has 1 aliphatic heterocycles. The number of benzene rings is 1. The number of aliphatic imine (C=N–C) groups is 1. The lowest BCUT2D eigenvalue weighted by atomic mass is 10.0. The Balaban J connectivity index is 0.00000364.